The highest BCUT2D eigenvalue weighted by Crippen LogP contribution is 2.12. The minimum absolute atomic E-state index is 0.270. The van der Waals surface area contributed by atoms with Gasteiger partial charge >= 0.3 is 0 Å². The van der Waals surface area contributed by atoms with Gasteiger partial charge in [-0.15, -0.1) is 0 Å². The zero-order valence-corrected chi connectivity index (χ0v) is 9.23. The second-order valence-corrected chi connectivity index (χ2v) is 3.60. The first-order valence-corrected chi connectivity index (χ1v) is 5.21. The molecule has 80 valence electrons. The number of hydrogen-bond acceptors (Lipinski definition) is 3. The summed E-state index contributed by atoms with van der Waals surface area (Å²) in [6, 6.07) is 0. The molecule has 0 amide bonds. The molecule has 0 spiro atoms. The van der Waals surface area contributed by atoms with Crippen LogP contribution in [-0.4, -0.2) is 31.8 Å². The molecule has 0 bridgehead atoms. The predicted octanol–water partition coefficient (Wildman–Crippen LogP) is 1.13. The van der Waals surface area contributed by atoms with Gasteiger partial charge in [-0.3, -0.25) is 0 Å². The van der Waals surface area contributed by atoms with E-state index in [0.29, 0.717) is 13.2 Å². The molecule has 0 unspecified atom stereocenters. The Morgan fingerprint density at radius 3 is 2.31 bits per heavy atom. The van der Waals surface area contributed by atoms with E-state index in [1.807, 2.05) is 0 Å². The molecule has 3 heteroatoms. The maximum Gasteiger partial charge on any atom is 0.0591 e. The Kier molecular flexibility index (Phi) is 7.23. The van der Waals surface area contributed by atoms with E-state index >= 15 is 0 Å². The topological polar surface area (TPSA) is 47.3 Å². The van der Waals surface area contributed by atoms with Crippen LogP contribution in [0.3, 0.4) is 0 Å². The maximum absolute atomic E-state index is 5.30. The van der Waals surface area contributed by atoms with Crippen LogP contribution >= 0.6 is 0 Å². The van der Waals surface area contributed by atoms with E-state index in [9.17, 15) is 0 Å². The van der Waals surface area contributed by atoms with Crippen molar-refractivity contribution >= 4 is 0 Å². The van der Waals surface area contributed by atoms with E-state index in [-0.39, 0.29) is 5.54 Å². The van der Waals surface area contributed by atoms with Crippen molar-refractivity contribution in [1.29, 1.82) is 0 Å². The summed E-state index contributed by atoms with van der Waals surface area (Å²) in [6.07, 6.45) is 2.31. The highest BCUT2D eigenvalue weighted by Gasteiger charge is 2.17. The van der Waals surface area contributed by atoms with Gasteiger partial charge in [0.25, 0.3) is 0 Å². The van der Waals surface area contributed by atoms with Gasteiger partial charge in [-0.05, 0) is 19.8 Å². The molecule has 3 N–H and O–H groups in total. The standard InChI is InChI=1S/C10H24N2O/c1-4-10(3,5-2)12-7-9-13-8-6-11/h12H,4-9,11H2,1-3H3. The molecule has 0 aliphatic heterocycles. The molecule has 0 aromatic carbocycles. The van der Waals surface area contributed by atoms with Gasteiger partial charge in [-0.2, -0.15) is 0 Å². The lowest BCUT2D eigenvalue weighted by molar-refractivity contribution is 0.134. The van der Waals surface area contributed by atoms with Gasteiger partial charge < -0.3 is 15.8 Å². The highest BCUT2D eigenvalue weighted by molar-refractivity contribution is 4.79. The monoisotopic (exact) mass is 188 g/mol. The molecular formula is C10H24N2O. The normalized spacial score (nSPS) is 12.0. The van der Waals surface area contributed by atoms with Gasteiger partial charge in [-0.25, -0.2) is 0 Å². The average molecular weight is 188 g/mol. The molecule has 0 rings (SSSR count). The zero-order valence-electron chi connectivity index (χ0n) is 9.23. The van der Waals surface area contributed by atoms with Crippen molar-refractivity contribution in [3.05, 3.63) is 0 Å². The van der Waals surface area contributed by atoms with Crippen LogP contribution in [0.1, 0.15) is 33.6 Å². The van der Waals surface area contributed by atoms with E-state index in [0.717, 1.165) is 26.0 Å². The van der Waals surface area contributed by atoms with Crippen LogP contribution in [0.4, 0.5) is 0 Å². The van der Waals surface area contributed by atoms with Gasteiger partial charge in [0.2, 0.25) is 0 Å². The Balaban J connectivity index is 3.39. The lowest BCUT2D eigenvalue weighted by Gasteiger charge is -2.28. The van der Waals surface area contributed by atoms with Crippen LogP contribution in [0.2, 0.25) is 0 Å². The van der Waals surface area contributed by atoms with Gasteiger partial charge in [-0.1, -0.05) is 13.8 Å². The predicted molar refractivity (Wildman–Crippen MR) is 56.9 cm³/mol. The maximum atomic E-state index is 5.30. The molecule has 0 aromatic heterocycles. The van der Waals surface area contributed by atoms with Crippen molar-refractivity contribution in [3.63, 3.8) is 0 Å². The summed E-state index contributed by atoms with van der Waals surface area (Å²) in [5, 5.41) is 3.49. The molecule has 0 heterocycles. The van der Waals surface area contributed by atoms with E-state index in [2.05, 4.69) is 26.1 Å². The molecule has 0 atom stereocenters. The summed E-state index contributed by atoms with van der Waals surface area (Å²) >= 11 is 0. The molecular weight excluding hydrogens is 164 g/mol. The summed E-state index contributed by atoms with van der Waals surface area (Å²) in [6.45, 7) is 9.60. The van der Waals surface area contributed by atoms with Gasteiger partial charge in [0.05, 0.1) is 13.2 Å². The molecule has 13 heavy (non-hydrogen) atoms. The van der Waals surface area contributed by atoms with Gasteiger partial charge in [0.1, 0.15) is 0 Å². The van der Waals surface area contributed by atoms with Crippen molar-refractivity contribution in [2.45, 2.75) is 39.2 Å². The van der Waals surface area contributed by atoms with Crippen molar-refractivity contribution < 1.29 is 4.74 Å². The van der Waals surface area contributed by atoms with Gasteiger partial charge in [0, 0.05) is 18.6 Å². The van der Waals surface area contributed by atoms with Gasteiger partial charge in [0.15, 0.2) is 0 Å². The summed E-state index contributed by atoms with van der Waals surface area (Å²) in [7, 11) is 0. The minimum Gasteiger partial charge on any atom is -0.379 e. The molecule has 0 aliphatic carbocycles. The molecule has 0 radical (unpaired) electrons. The third-order valence-electron chi connectivity index (χ3n) is 2.62. The van der Waals surface area contributed by atoms with E-state index < -0.39 is 0 Å². The lowest BCUT2D eigenvalue weighted by atomic mass is 9.96. The first-order chi connectivity index (χ1) is 6.18. The minimum atomic E-state index is 0.270. The highest BCUT2D eigenvalue weighted by atomic mass is 16.5. The number of nitrogens with one attached hydrogen (secondary N) is 1. The van der Waals surface area contributed by atoms with Crippen LogP contribution in [0.25, 0.3) is 0 Å². The van der Waals surface area contributed by atoms with Crippen LogP contribution < -0.4 is 11.1 Å². The third-order valence-corrected chi connectivity index (χ3v) is 2.62. The first kappa shape index (κ1) is 12.9. The molecule has 0 aliphatic rings. The van der Waals surface area contributed by atoms with Crippen LogP contribution in [0.15, 0.2) is 0 Å². The molecule has 3 nitrogen and oxygen atoms in total. The summed E-state index contributed by atoms with van der Waals surface area (Å²) in [5.74, 6) is 0. The van der Waals surface area contributed by atoms with Crippen LogP contribution in [-0.2, 0) is 4.74 Å². The number of hydrogen-bond donors (Lipinski definition) is 2. The van der Waals surface area contributed by atoms with Crippen LogP contribution in [0, 0.1) is 0 Å². The largest absolute Gasteiger partial charge is 0.379 e. The number of rotatable bonds is 8. The molecule has 0 aromatic rings. The SMILES string of the molecule is CCC(C)(CC)NCCOCCN. The Bertz CT molecular complexity index is 113. The van der Waals surface area contributed by atoms with E-state index in [1.165, 1.54) is 0 Å². The summed E-state index contributed by atoms with van der Waals surface area (Å²) in [5.41, 5.74) is 5.57. The van der Waals surface area contributed by atoms with Crippen LogP contribution in [0.5, 0.6) is 0 Å². The van der Waals surface area contributed by atoms with Crippen molar-refractivity contribution in [2.24, 2.45) is 5.73 Å². The molecule has 0 fully saturated rings. The smallest absolute Gasteiger partial charge is 0.0591 e. The quantitative estimate of drug-likeness (QED) is 0.561. The fourth-order valence-corrected chi connectivity index (χ4v) is 1.11. The van der Waals surface area contributed by atoms with E-state index in [1.54, 1.807) is 0 Å². The first-order valence-electron chi connectivity index (χ1n) is 5.21. The Labute approximate surface area is 82.0 Å². The fraction of sp³-hybridized carbons (Fsp3) is 1.00. The summed E-state index contributed by atoms with van der Waals surface area (Å²) in [4.78, 5) is 0. The second kappa shape index (κ2) is 7.30. The number of ether oxygens (including phenoxy) is 1. The van der Waals surface area contributed by atoms with Crippen molar-refractivity contribution in [1.82, 2.24) is 5.32 Å². The lowest BCUT2D eigenvalue weighted by Crippen LogP contribution is -2.42. The average Bonchev–Trinajstić information content (AvgIpc) is 2.17. The zero-order chi connectivity index (χ0) is 10.2. The third kappa shape index (κ3) is 6.02. The molecule has 0 saturated carbocycles. The Morgan fingerprint density at radius 1 is 1.23 bits per heavy atom. The Morgan fingerprint density at radius 2 is 1.85 bits per heavy atom. The van der Waals surface area contributed by atoms with E-state index in [4.69, 9.17) is 10.5 Å². The van der Waals surface area contributed by atoms with Crippen molar-refractivity contribution in [3.8, 4) is 0 Å². The summed E-state index contributed by atoms with van der Waals surface area (Å²) < 4.78 is 5.28. The number of nitrogens with two attached hydrogens (primary N) is 1. The Hall–Kier alpha value is -0.120. The second-order valence-electron chi connectivity index (χ2n) is 3.60. The fourth-order valence-electron chi connectivity index (χ4n) is 1.11. The van der Waals surface area contributed by atoms with Crippen molar-refractivity contribution in [2.75, 3.05) is 26.3 Å². The molecule has 0 saturated heterocycles.